The molecule has 0 aliphatic carbocycles. The van der Waals surface area contributed by atoms with Crippen LogP contribution < -0.4 is 4.74 Å². The lowest BCUT2D eigenvalue weighted by Gasteiger charge is -2.16. The van der Waals surface area contributed by atoms with E-state index in [0.717, 1.165) is 5.69 Å². The van der Waals surface area contributed by atoms with Gasteiger partial charge in [-0.05, 0) is 39.0 Å². The average molecular weight is 295 g/mol. The second-order valence-corrected chi connectivity index (χ2v) is 5.47. The predicted molar refractivity (Wildman–Crippen MR) is 79.0 cm³/mol. The van der Waals surface area contributed by atoms with Crippen LogP contribution in [-0.4, -0.2) is 14.7 Å². The van der Waals surface area contributed by atoms with Crippen LogP contribution in [-0.2, 0) is 6.61 Å². The second-order valence-electron chi connectivity index (χ2n) is 5.03. The number of rotatable bonds is 5. The molecule has 0 saturated heterocycles. The quantitative estimate of drug-likeness (QED) is 0.913. The van der Waals surface area contributed by atoms with Crippen LogP contribution in [0.4, 0.5) is 0 Å². The van der Waals surface area contributed by atoms with Crippen molar-refractivity contribution < 1.29 is 9.84 Å². The second kappa shape index (κ2) is 6.29. The number of ether oxygens (including phenoxy) is 1. The van der Waals surface area contributed by atoms with Gasteiger partial charge in [0, 0.05) is 16.6 Å². The van der Waals surface area contributed by atoms with Gasteiger partial charge in [-0.15, -0.1) is 0 Å². The summed E-state index contributed by atoms with van der Waals surface area (Å²) in [5.41, 5.74) is 1.68. The number of imidazole rings is 1. The zero-order chi connectivity index (χ0) is 14.7. The highest BCUT2D eigenvalue weighted by atomic mass is 35.5. The Morgan fingerprint density at radius 3 is 2.75 bits per heavy atom. The molecule has 2 aromatic rings. The Labute approximate surface area is 124 Å². The largest absolute Gasteiger partial charge is 0.487 e. The van der Waals surface area contributed by atoms with Crippen LogP contribution >= 0.6 is 11.6 Å². The van der Waals surface area contributed by atoms with Gasteiger partial charge in [0.05, 0.1) is 24.3 Å². The Morgan fingerprint density at radius 2 is 2.10 bits per heavy atom. The maximum Gasteiger partial charge on any atom is 0.130 e. The Morgan fingerprint density at radius 1 is 1.35 bits per heavy atom. The van der Waals surface area contributed by atoms with E-state index in [2.05, 4.69) is 23.4 Å². The number of nitrogens with zero attached hydrogens (tertiary/aromatic N) is 2. The third-order valence-electron chi connectivity index (χ3n) is 3.10. The highest BCUT2D eigenvalue weighted by Crippen LogP contribution is 2.29. The third kappa shape index (κ3) is 3.32. The Kier molecular flexibility index (Phi) is 4.68. The molecule has 2 rings (SSSR count). The van der Waals surface area contributed by atoms with Gasteiger partial charge in [-0.2, -0.15) is 0 Å². The average Bonchev–Trinajstić information content (AvgIpc) is 2.85. The van der Waals surface area contributed by atoms with Crippen molar-refractivity contribution >= 4 is 11.6 Å². The van der Waals surface area contributed by atoms with Crippen LogP contribution in [0.5, 0.6) is 5.75 Å². The molecule has 0 amide bonds. The molecule has 0 aliphatic heterocycles. The van der Waals surface area contributed by atoms with Crippen molar-refractivity contribution in [1.82, 2.24) is 9.55 Å². The smallest absolute Gasteiger partial charge is 0.130 e. The van der Waals surface area contributed by atoms with Gasteiger partial charge in [0.1, 0.15) is 12.4 Å². The first-order valence-electron chi connectivity index (χ1n) is 6.60. The maximum absolute atomic E-state index is 9.77. The molecule has 0 spiro atoms. The number of aromatic nitrogens is 2. The summed E-state index contributed by atoms with van der Waals surface area (Å²) in [6.07, 6.45) is 2.96. The Bertz CT molecular complexity index is 579. The summed E-state index contributed by atoms with van der Waals surface area (Å²) in [4.78, 5) is 4.14. The molecule has 1 heterocycles. The summed E-state index contributed by atoms with van der Waals surface area (Å²) < 4.78 is 7.86. The van der Waals surface area contributed by atoms with Gasteiger partial charge >= 0.3 is 0 Å². The van der Waals surface area contributed by atoms with Gasteiger partial charge in [0.15, 0.2) is 0 Å². The van der Waals surface area contributed by atoms with E-state index in [4.69, 9.17) is 16.3 Å². The van der Waals surface area contributed by atoms with E-state index in [-0.39, 0.29) is 0 Å². The fourth-order valence-corrected chi connectivity index (χ4v) is 2.22. The van der Waals surface area contributed by atoms with E-state index in [1.807, 2.05) is 0 Å². The number of aliphatic hydroxyl groups is 1. The molecular weight excluding hydrogens is 276 g/mol. The summed E-state index contributed by atoms with van der Waals surface area (Å²) in [7, 11) is 0. The van der Waals surface area contributed by atoms with E-state index >= 15 is 0 Å². The Hall–Kier alpha value is -1.52. The fraction of sp³-hybridized carbons (Fsp3) is 0.400. The molecule has 0 bridgehead atoms. The molecule has 4 nitrogen and oxygen atoms in total. The van der Waals surface area contributed by atoms with Crippen molar-refractivity contribution in [3.05, 3.63) is 47.0 Å². The molecule has 1 atom stereocenters. The predicted octanol–water partition coefficient (Wildman–Crippen LogP) is 3.75. The van der Waals surface area contributed by atoms with Gasteiger partial charge in [-0.1, -0.05) is 11.6 Å². The molecule has 20 heavy (non-hydrogen) atoms. The number of hydrogen-bond donors (Lipinski definition) is 1. The lowest BCUT2D eigenvalue weighted by atomic mass is 10.1. The van der Waals surface area contributed by atoms with E-state index in [1.54, 1.807) is 37.6 Å². The van der Waals surface area contributed by atoms with Crippen molar-refractivity contribution in [1.29, 1.82) is 0 Å². The molecule has 5 heteroatoms. The first-order chi connectivity index (χ1) is 9.49. The van der Waals surface area contributed by atoms with Crippen LogP contribution in [0.25, 0.3) is 0 Å². The maximum atomic E-state index is 9.77. The van der Waals surface area contributed by atoms with Crippen molar-refractivity contribution in [3.8, 4) is 5.75 Å². The highest BCUT2D eigenvalue weighted by Gasteiger charge is 2.12. The van der Waals surface area contributed by atoms with Gasteiger partial charge < -0.3 is 14.4 Å². The van der Waals surface area contributed by atoms with Gasteiger partial charge in [0.2, 0.25) is 0 Å². The number of aliphatic hydroxyl groups excluding tert-OH is 1. The summed E-state index contributed by atoms with van der Waals surface area (Å²) in [5.74, 6) is 0.640. The van der Waals surface area contributed by atoms with E-state index < -0.39 is 6.10 Å². The zero-order valence-corrected chi connectivity index (χ0v) is 12.6. The topological polar surface area (TPSA) is 47.3 Å². The molecule has 1 aromatic heterocycles. The molecule has 0 aliphatic rings. The van der Waals surface area contributed by atoms with Crippen molar-refractivity contribution in [2.45, 2.75) is 39.5 Å². The number of halogens is 1. The molecule has 0 radical (unpaired) electrons. The SMILES string of the molecule is CC(O)c1cc(Cl)ccc1OCc1cncn1C(C)C. The minimum atomic E-state index is -0.626. The van der Waals surface area contributed by atoms with E-state index in [9.17, 15) is 5.11 Å². The normalized spacial score (nSPS) is 12.7. The van der Waals surface area contributed by atoms with Gasteiger partial charge in [-0.25, -0.2) is 4.98 Å². The van der Waals surface area contributed by atoms with E-state index in [0.29, 0.717) is 29.0 Å². The van der Waals surface area contributed by atoms with Crippen LogP contribution in [0.3, 0.4) is 0 Å². The monoisotopic (exact) mass is 294 g/mol. The minimum Gasteiger partial charge on any atom is -0.487 e. The Balaban J connectivity index is 2.17. The van der Waals surface area contributed by atoms with Crippen LogP contribution in [0.1, 0.15) is 44.2 Å². The first kappa shape index (κ1) is 14.9. The lowest BCUT2D eigenvalue weighted by Crippen LogP contribution is -2.08. The van der Waals surface area contributed by atoms with Gasteiger partial charge in [0.25, 0.3) is 0 Å². The molecule has 108 valence electrons. The highest BCUT2D eigenvalue weighted by molar-refractivity contribution is 6.30. The number of hydrogen-bond acceptors (Lipinski definition) is 3. The third-order valence-corrected chi connectivity index (χ3v) is 3.34. The number of benzene rings is 1. The van der Waals surface area contributed by atoms with Crippen LogP contribution in [0, 0.1) is 0 Å². The summed E-state index contributed by atoms with van der Waals surface area (Å²) in [6, 6.07) is 5.59. The zero-order valence-electron chi connectivity index (χ0n) is 11.9. The first-order valence-corrected chi connectivity index (χ1v) is 6.98. The lowest BCUT2D eigenvalue weighted by molar-refractivity contribution is 0.189. The molecule has 1 N–H and O–H groups in total. The summed E-state index contributed by atoms with van der Waals surface area (Å²) >= 11 is 5.95. The molecule has 0 fully saturated rings. The van der Waals surface area contributed by atoms with Crippen molar-refractivity contribution in [2.24, 2.45) is 0 Å². The molecular formula is C15H19ClN2O2. The summed E-state index contributed by atoms with van der Waals surface area (Å²) in [5, 5.41) is 10.4. The minimum absolute atomic E-state index is 0.331. The molecule has 1 unspecified atom stereocenters. The standard InChI is InChI=1S/C15H19ClN2O2/c1-10(2)18-9-17-7-13(18)8-20-15-5-4-12(16)6-14(15)11(3)19/h4-7,9-11,19H,8H2,1-3H3. The van der Waals surface area contributed by atoms with Gasteiger partial charge in [-0.3, -0.25) is 0 Å². The fourth-order valence-electron chi connectivity index (χ4n) is 2.04. The molecule has 1 aromatic carbocycles. The van der Waals surface area contributed by atoms with E-state index in [1.165, 1.54) is 0 Å². The summed E-state index contributed by atoms with van der Waals surface area (Å²) in [6.45, 7) is 6.28. The molecule has 0 saturated carbocycles. The van der Waals surface area contributed by atoms with Crippen LogP contribution in [0.15, 0.2) is 30.7 Å². The van der Waals surface area contributed by atoms with Crippen molar-refractivity contribution in [2.75, 3.05) is 0 Å². The van der Waals surface area contributed by atoms with Crippen LogP contribution in [0.2, 0.25) is 5.02 Å². The van der Waals surface area contributed by atoms with Crippen molar-refractivity contribution in [3.63, 3.8) is 0 Å².